The number of urea groups is 1. The average Bonchev–Trinajstić information content (AvgIpc) is 2.81. The van der Waals surface area contributed by atoms with Gasteiger partial charge in [-0.2, -0.15) is 0 Å². The van der Waals surface area contributed by atoms with E-state index in [-0.39, 0.29) is 18.5 Å². The van der Waals surface area contributed by atoms with E-state index < -0.39 is 5.60 Å². The van der Waals surface area contributed by atoms with Gasteiger partial charge in [-0.15, -0.1) is 10.2 Å². The molecule has 7 heteroatoms. The van der Waals surface area contributed by atoms with Gasteiger partial charge in [0, 0.05) is 13.0 Å². The number of rotatable bonds is 7. The molecule has 114 valence electrons. The van der Waals surface area contributed by atoms with E-state index in [9.17, 15) is 9.90 Å². The predicted molar refractivity (Wildman–Crippen MR) is 81.0 cm³/mol. The molecular formula is C13H24N4O2S. The highest BCUT2D eigenvalue weighted by Crippen LogP contribution is 2.17. The topological polar surface area (TPSA) is 87.1 Å². The maximum atomic E-state index is 11.7. The number of carbonyl (C=O) groups is 1. The minimum Gasteiger partial charge on any atom is -0.388 e. The van der Waals surface area contributed by atoms with Crippen LogP contribution < -0.4 is 10.6 Å². The SMILES string of the molecule is CCCCc1nnc(NC(=O)NCC(C)(O)C(C)C)s1. The highest BCUT2D eigenvalue weighted by atomic mass is 32.1. The summed E-state index contributed by atoms with van der Waals surface area (Å²) in [6.45, 7) is 7.83. The Balaban J connectivity index is 2.40. The molecule has 0 aromatic carbocycles. The Labute approximate surface area is 124 Å². The molecule has 0 fully saturated rings. The molecule has 0 saturated heterocycles. The van der Waals surface area contributed by atoms with Crippen molar-refractivity contribution in [2.75, 3.05) is 11.9 Å². The molecule has 1 heterocycles. The molecule has 0 radical (unpaired) electrons. The molecule has 3 N–H and O–H groups in total. The number of nitrogens with zero attached hydrogens (tertiary/aromatic N) is 2. The maximum Gasteiger partial charge on any atom is 0.321 e. The Hall–Kier alpha value is -1.21. The number of aryl methyl sites for hydroxylation is 1. The zero-order chi connectivity index (χ0) is 15.2. The van der Waals surface area contributed by atoms with Crippen molar-refractivity contribution in [3.05, 3.63) is 5.01 Å². The van der Waals surface area contributed by atoms with Crippen LogP contribution in [0.4, 0.5) is 9.93 Å². The van der Waals surface area contributed by atoms with Gasteiger partial charge in [-0.05, 0) is 19.3 Å². The number of carbonyl (C=O) groups excluding carboxylic acids is 1. The molecule has 0 spiro atoms. The van der Waals surface area contributed by atoms with E-state index in [1.165, 1.54) is 11.3 Å². The fourth-order valence-corrected chi connectivity index (χ4v) is 2.11. The van der Waals surface area contributed by atoms with E-state index in [1.54, 1.807) is 6.92 Å². The number of hydrogen-bond donors (Lipinski definition) is 3. The summed E-state index contributed by atoms with van der Waals surface area (Å²) >= 11 is 1.38. The molecule has 1 atom stereocenters. The van der Waals surface area contributed by atoms with Crippen molar-refractivity contribution in [2.24, 2.45) is 5.92 Å². The second kappa shape index (κ2) is 7.54. The molecule has 1 aromatic heterocycles. The number of aromatic nitrogens is 2. The monoisotopic (exact) mass is 300 g/mol. The molecule has 20 heavy (non-hydrogen) atoms. The van der Waals surface area contributed by atoms with Crippen molar-refractivity contribution >= 4 is 22.5 Å². The van der Waals surface area contributed by atoms with Crippen molar-refractivity contribution in [1.29, 1.82) is 0 Å². The van der Waals surface area contributed by atoms with Crippen LogP contribution in [0.2, 0.25) is 0 Å². The number of anilines is 1. The second-order valence-electron chi connectivity index (χ2n) is 5.42. The number of amides is 2. The maximum absolute atomic E-state index is 11.7. The van der Waals surface area contributed by atoms with E-state index in [4.69, 9.17) is 0 Å². The molecule has 0 aliphatic heterocycles. The van der Waals surface area contributed by atoms with Gasteiger partial charge in [0.25, 0.3) is 0 Å². The zero-order valence-corrected chi connectivity index (χ0v) is 13.4. The highest BCUT2D eigenvalue weighted by molar-refractivity contribution is 7.15. The lowest BCUT2D eigenvalue weighted by Gasteiger charge is -2.27. The number of aliphatic hydroxyl groups is 1. The minimum atomic E-state index is -0.926. The lowest BCUT2D eigenvalue weighted by atomic mass is 9.93. The third kappa shape index (κ3) is 5.42. The van der Waals surface area contributed by atoms with E-state index in [0.29, 0.717) is 5.13 Å². The fourth-order valence-electron chi connectivity index (χ4n) is 1.34. The van der Waals surface area contributed by atoms with Crippen LogP contribution >= 0.6 is 11.3 Å². The van der Waals surface area contributed by atoms with E-state index in [1.807, 2.05) is 13.8 Å². The quantitative estimate of drug-likeness (QED) is 0.721. The molecule has 1 rings (SSSR count). The van der Waals surface area contributed by atoms with Crippen LogP contribution in [-0.4, -0.2) is 33.5 Å². The smallest absolute Gasteiger partial charge is 0.321 e. The summed E-state index contributed by atoms with van der Waals surface area (Å²) in [5.74, 6) is 0.0602. The Morgan fingerprint density at radius 3 is 2.75 bits per heavy atom. The van der Waals surface area contributed by atoms with Crippen molar-refractivity contribution in [3.8, 4) is 0 Å². The predicted octanol–water partition coefficient (Wildman–Crippen LogP) is 2.41. The van der Waals surface area contributed by atoms with Gasteiger partial charge in [0.05, 0.1) is 5.60 Å². The lowest BCUT2D eigenvalue weighted by Crippen LogP contribution is -2.45. The van der Waals surface area contributed by atoms with Crippen molar-refractivity contribution in [1.82, 2.24) is 15.5 Å². The summed E-state index contributed by atoms with van der Waals surface area (Å²) < 4.78 is 0. The average molecular weight is 300 g/mol. The van der Waals surface area contributed by atoms with Crippen molar-refractivity contribution < 1.29 is 9.90 Å². The van der Waals surface area contributed by atoms with Crippen molar-refractivity contribution in [2.45, 2.75) is 52.6 Å². The first kappa shape index (κ1) is 16.8. The van der Waals surface area contributed by atoms with E-state index >= 15 is 0 Å². The van der Waals surface area contributed by atoms with Crippen LogP contribution in [0.5, 0.6) is 0 Å². The van der Waals surface area contributed by atoms with Crippen molar-refractivity contribution in [3.63, 3.8) is 0 Å². The standard InChI is InChI=1S/C13H24N4O2S/c1-5-6-7-10-16-17-12(20-10)15-11(18)14-8-13(4,19)9(2)3/h9,19H,5-8H2,1-4H3,(H2,14,15,17,18). The van der Waals surface area contributed by atoms with Crippen LogP contribution in [0.15, 0.2) is 0 Å². The number of unbranched alkanes of at least 4 members (excludes halogenated alkanes) is 1. The zero-order valence-electron chi connectivity index (χ0n) is 12.6. The van der Waals surface area contributed by atoms with Gasteiger partial charge in [-0.1, -0.05) is 38.5 Å². The summed E-state index contributed by atoms with van der Waals surface area (Å²) in [7, 11) is 0. The Kier molecular flexibility index (Phi) is 6.35. The summed E-state index contributed by atoms with van der Waals surface area (Å²) in [4.78, 5) is 11.7. The molecule has 2 amide bonds. The molecule has 0 aliphatic carbocycles. The van der Waals surface area contributed by atoms with Crippen LogP contribution in [-0.2, 0) is 6.42 Å². The molecule has 0 bridgehead atoms. The van der Waals surface area contributed by atoms with Gasteiger partial charge in [0.1, 0.15) is 5.01 Å². The second-order valence-corrected chi connectivity index (χ2v) is 6.49. The lowest BCUT2D eigenvalue weighted by molar-refractivity contribution is 0.0170. The summed E-state index contributed by atoms with van der Waals surface area (Å²) in [5.41, 5.74) is -0.926. The first-order valence-corrected chi connectivity index (χ1v) is 7.76. The largest absolute Gasteiger partial charge is 0.388 e. The third-order valence-electron chi connectivity index (χ3n) is 3.28. The highest BCUT2D eigenvalue weighted by Gasteiger charge is 2.25. The van der Waals surface area contributed by atoms with E-state index in [2.05, 4.69) is 27.8 Å². The summed E-state index contributed by atoms with van der Waals surface area (Å²) in [6, 6.07) is -0.371. The van der Waals surface area contributed by atoms with Gasteiger partial charge >= 0.3 is 6.03 Å². The normalized spacial score (nSPS) is 14.1. The Morgan fingerprint density at radius 1 is 1.45 bits per heavy atom. The number of nitrogens with one attached hydrogen (secondary N) is 2. The van der Waals surface area contributed by atoms with Gasteiger partial charge in [-0.3, -0.25) is 5.32 Å². The minimum absolute atomic E-state index is 0.0602. The van der Waals surface area contributed by atoms with Gasteiger partial charge in [0.2, 0.25) is 5.13 Å². The first-order valence-electron chi connectivity index (χ1n) is 6.94. The fraction of sp³-hybridized carbons (Fsp3) is 0.769. The molecule has 1 aromatic rings. The van der Waals surface area contributed by atoms with Crippen LogP contribution in [0, 0.1) is 5.92 Å². The van der Waals surface area contributed by atoms with E-state index in [0.717, 1.165) is 24.3 Å². The number of hydrogen-bond acceptors (Lipinski definition) is 5. The molecule has 0 aliphatic rings. The third-order valence-corrected chi connectivity index (χ3v) is 4.18. The molecule has 1 unspecified atom stereocenters. The van der Waals surface area contributed by atoms with Crippen LogP contribution in [0.3, 0.4) is 0 Å². The van der Waals surface area contributed by atoms with Crippen LogP contribution in [0.1, 0.15) is 45.5 Å². The Morgan fingerprint density at radius 2 is 2.15 bits per heavy atom. The first-order chi connectivity index (χ1) is 9.35. The Bertz CT molecular complexity index is 432. The van der Waals surface area contributed by atoms with Gasteiger partial charge in [-0.25, -0.2) is 4.79 Å². The molecule has 0 saturated carbocycles. The van der Waals surface area contributed by atoms with Gasteiger partial charge in [0.15, 0.2) is 0 Å². The summed E-state index contributed by atoms with van der Waals surface area (Å²) in [5, 5.41) is 24.7. The van der Waals surface area contributed by atoms with Gasteiger partial charge < -0.3 is 10.4 Å². The molecule has 6 nitrogen and oxygen atoms in total. The summed E-state index contributed by atoms with van der Waals surface area (Å²) in [6.07, 6.45) is 3.06. The molecular weight excluding hydrogens is 276 g/mol. The van der Waals surface area contributed by atoms with Crippen LogP contribution in [0.25, 0.3) is 0 Å².